The van der Waals surface area contributed by atoms with E-state index >= 15 is 0 Å². The van der Waals surface area contributed by atoms with E-state index in [0.29, 0.717) is 11.4 Å². The van der Waals surface area contributed by atoms with Crippen molar-refractivity contribution in [3.63, 3.8) is 0 Å². The minimum atomic E-state index is 0.253. The summed E-state index contributed by atoms with van der Waals surface area (Å²) in [5.74, 6) is 1.11. The lowest BCUT2D eigenvalue weighted by atomic mass is 10.2. The highest BCUT2D eigenvalue weighted by atomic mass is 35.5. The number of benzene rings is 1. The summed E-state index contributed by atoms with van der Waals surface area (Å²) in [5.41, 5.74) is 1.60. The standard InChI is InChI=1S/C20H23ClN6O/c1-2-3-7-18(28)25-8-10-26(11-9-25)19-17-13-24-27(20(17)23-14-22-19)16-6-4-5-15(21)12-16/h4-6,12-14H,2-3,7-11H2,1H3. The summed E-state index contributed by atoms with van der Waals surface area (Å²) in [4.78, 5) is 25.4. The SMILES string of the molecule is CCCCC(=O)N1CCN(c2ncnc3c2cnn3-c2cccc(Cl)c2)CC1. The first-order valence-electron chi connectivity index (χ1n) is 9.64. The van der Waals surface area contributed by atoms with Crippen LogP contribution in [0.15, 0.2) is 36.8 Å². The van der Waals surface area contributed by atoms with Crippen molar-refractivity contribution < 1.29 is 4.79 Å². The monoisotopic (exact) mass is 398 g/mol. The fourth-order valence-electron chi connectivity index (χ4n) is 3.53. The highest BCUT2D eigenvalue weighted by Crippen LogP contribution is 2.26. The Bertz CT molecular complexity index is 980. The van der Waals surface area contributed by atoms with E-state index in [1.807, 2.05) is 29.2 Å². The Labute approximate surface area is 168 Å². The summed E-state index contributed by atoms with van der Waals surface area (Å²) >= 11 is 6.12. The second-order valence-electron chi connectivity index (χ2n) is 6.94. The molecule has 28 heavy (non-hydrogen) atoms. The van der Waals surface area contributed by atoms with E-state index in [9.17, 15) is 4.79 Å². The van der Waals surface area contributed by atoms with Crippen LogP contribution < -0.4 is 4.90 Å². The summed E-state index contributed by atoms with van der Waals surface area (Å²) in [7, 11) is 0. The summed E-state index contributed by atoms with van der Waals surface area (Å²) in [5, 5.41) is 6.05. The van der Waals surface area contributed by atoms with Gasteiger partial charge >= 0.3 is 0 Å². The number of carbonyl (C=O) groups is 1. The van der Waals surface area contributed by atoms with Crippen LogP contribution in [0.25, 0.3) is 16.7 Å². The first kappa shape index (κ1) is 18.7. The van der Waals surface area contributed by atoms with E-state index in [4.69, 9.17) is 11.6 Å². The van der Waals surface area contributed by atoms with E-state index in [-0.39, 0.29) is 5.91 Å². The Morgan fingerprint density at radius 3 is 2.75 bits per heavy atom. The molecule has 1 fully saturated rings. The van der Waals surface area contributed by atoms with Gasteiger partial charge in [-0.05, 0) is 24.6 Å². The molecule has 2 aromatic heterocycles. The van der Waals surface area contributed by atoms with E-state index in [0.717, 1.165) is 61.6 Å². The second-order valence-corrected chi connectivity index (χ2v) is 7.38. The zero-order valence-corrected chi connectivity index (χ0v) is 16.6. The number of piperazine rings is 1. The molecule has 0 bridgehead atoms. The van der Waals surface area contributed by atoms with E-state index in [1.165, 1.54) is 0 Å². The Morgan fingerprint density at radius 1 is 1.18 bits per heavy atom. The fraction of sp³-hybridized carbons (Fsp3) is 0.400. The smallest absolute Gasteiger partial charge is 0.222 e. The van der Waals surface area contributed by atoms with Gasteiger partial charge in [0.15, 0.2) is 5.65 Å². The number of hydrogen-bond donors (Lipinski definition) is 0. The lowest BCUT2D eigenvalue weighted by molar-refractivity contribution is -0.131. The number of unbranched alkanes of at least 4 members (excludes halogenated alkanes) is 1. The van der Waals surface area contributed by atoms with Crippen LogP contribution in [0, 0.1) is 0 Å². The quantitative estimate of drug-likeness (QED) is 0.659. The molecule has 3 heterocycles. The summed E-state index contributed by atoms with van der Waals surface area (Å²) in [6.45, 7) is 5.06. The van der Waals surface area contributed by atoms with Gasteiger partial charge in [0.2, 0.25) is 5.91 Å². The molecule has 146 valence electrons. The maximum absolute atomic E-state index is 12.3. The number of halogens is 1. The van der Waals surface area contributed by atoms with Crippen molar-refractivity contribution in [3.05, 3.63) is 41.8 Å². The van der Waals surface area contributed by atoms with Gasteiger partial charge in [-0.3, -0.25) is 4.79 Å². The Morgan fingerprint density at radius 2 is 2.00 bits per heavy atom. The summed E-state index contributed by atoms with van der Waals surface area (Å²) in [6.07, 6.45) is 6.00. The lowest BCUT2D eigenvalue weighted by Gasteiger charge is -2.35. The van der Waals surface area contributed by atoms with Crippen molar-refractivity contribution >= 4 is 34.4 Å². The molecular formula is C20H23ClN6O. The molecule has 1 amide bonds. The molecular weight excluding hydrogens is 376 g/mol. The predicted octanol–water partition coefficient (Wildman–Crippen LogP) is 3.31. The predicted molar refractivity (Wildman–Crippen MR) is 110 cm³/mol. The molecule has 0 spiro atoms. The van der Waals surface area contributed by atoms with Gasteiger partial charge in [-0.15, -0.1) is 0 Å². The molecule has 0 unspecified atom stereocenters. The number of rotatable bonds is 5. The van der Waals surface area contributed by atoms with E-state index in [2.05, 4.69) is 26.9 Å². The molecule has 0 aliphatic carbocycles. The van der Waals surface area contributed by atoms with Gasteiger partial charge in [0.05, 0.1) is 17.3 Å². The molecule has 1 aliphatic rings. The zero-order valence-electron chi connectivity index (χ0n) is 15.9. The third-order valence-corrected chi connectivity index (χ3v) is 5.31. The number of fused-ring (bicyclic) bond motifs is 1. The largest absolute Gasteiger partial charge is 0.352 e. The van der Waals surface area contributed by atoms with E-state index in [1.54, 1.807) is 17.2 Å². The van der Waals surface area contributed by atoms with E-state index < -0.39 is 0 Å². The van der Waals surface area contributed by atoms with Gasteiger partial charge in [0, 0.05) is 37.6 Å². The lowest BCUT2D eigenvalue weighted by Crippen LogP contribution is -2.49. The summed E-state index contributed by atoms with van der Waals surface area (Å²) < 4.78 is 1.77. The van der Waals surface area contributed by atoms with Gasteiger partial charge in [-0.25, -0.2) is 14.6 Å². The second kappa shape index (κ2) is 8.14. The molecule has 1 aliphatic heterocycles. The molecule has 0 N–H and O–H groups in total. The van der Waals surface area contributed by atoms with Crippen LogP contribution in [0.4, 0.5) is 5.82 Å². The molecule has 0 atom stereocenters. The van der Waals surface area contributed by atoms with Crippen LogP contribution in [-0.2, 0) is 4.79 Å². The molecule has 8 heteroatoms. The van der Waals surface area contributed by atoms with Crippen molar-refractivity contribution in [2.45, 2.75) is 26.2 Å². The highest BCUT2D eigenvalue weighted by Gasteiger charge is 2.23. The van der Waals surface area contributed by atoms with Crippen LogP contribution in [0.2, 0.25) is 5.02 Å². The van der Waals surface area contributed by atoms with Crippen LogP contribution in [0.5, 0.6) is 0 Å². The van der Waals surface area contributed by atoms with Crippen molar-refractivity contribution in [3.8, 4) is 5.69 Å². The Kier molecular flexibility index (Phi) is 5.43. The first-order valence-corrected chi connectivity index (χ1v) is 10.0. The minimum absolute atomic E-state index is 0.253. The van der Waals surface area contributed by atoms with Crippen LogP contribution in [0.3, 0.4) is 0 Å². The van der Waals surface area contributed by atoms with Crippen molar-refractivity contribution in [1.82, 2.24) is 24.6 Å². The topological polar surface area (TPSA) is 67.2 Å². The zero-order chi connectivity index (χ0) is 19.5. The van der Waals surface area contributed by atoms with Gasteiger partial charge in [0.25, 0.3) is 0 Å². The number of aromatic nitrogens is 4. The number of hydrogen-bond acceptors (Lipinski definition) is 5. The number of amides is 1. The Balaban J connectivity index is 1.55. The molecule has 1 saturated heterocycles. The molecule has 4 rings (SSSR count). The molecule has 0 saturated carbocycles. The van der Waals surface area contributed by atoms with Crippen LogP contribution >= 0.6 is 11.6 Å². The van der Waals surface area contributed by atoms with Crippen LogP contribution in [0.1, 0.15) is 26.2 Å². The third kappa shape index (κ3) is 3.67. The molecule has 1 aromatic carbocycles. The molecule has 3 aromatic rings. The average molecular weight is 399 g/mol. The number of carbonyl (C=O) groups excluding carboxylic acids is 1. The van der Waals surface area contributed by atoms with Gasteiger partial charge in [0.1, 0.15) is 12.1 Å². The maximum Gasteiger partial charge on any atom is 0.222 e. The van der Waals surface area contributed by atoms with Crippen LogP contribution in [-0.4, -0.2) is 56.7 Å². The molecule has 7 nitrogen and oxygen atoms in total. The fourth-order valence-corrected chi connectivity index (χ4v) is 3.72. The van der Waals surface area contributed by atoms with Crippen molar-refractivity contribution in [2.75, 3.05) is 31.1 Å². The number of anilines is 1. The first-order chi connectivity index (χ1) is 13.7. The Hall–Kier alpha value is -2.67. The van der Waals surface area contributed by atoms with Gasteiger partial charge < -0.3 is 9.80 Å². The third-order valence-electron chi connectivity index (χ3n) is 5.07. The average Bonchev–Trinajstić information content (AvgIpc) is 3.16. The number of nitrogens with zero attached hydrogens (tertiary/aromatic N) is 6. The highest BCUT2D eigenvalue weighted by molar-refractivity contribution is 6.30. The molecule has 0 radical (unpaired) electrons. The summed E-state index contributed by atoms with van der Waals surface area (Å²) in [6, 6.07) is 7.53. The maximum atomic E-state index is 12.3. The van der Waals surface area contributed by atoms with Crippen molar-refractivity contribution in [1.29, 1.82) is 0 Å². The van der Waals surface area contributed by atoms with Gasteiger partial charge in [-0.2, -0.15) is 5.10 Å². The normalized spacial score (nSPS) is 14.6. The van der Waals surface area contributed by atoms with Gasteiger partial charge in [-0.1, -0.05) is 31.0 Å². The minimum Gasteiger partial charge on any atom is -0.352 e. The van der Waals surface area contributed by atoms with Crippen molar-refractivity contribution in [2.24, 2.45) is 0 Å².